The van der Waals surface area contributed by atoms with Gasteiger partial charge in [0.1, 0.15) is 12.4 Å². The van der Waals surface area contributed by atoms with E-state index in [4.69, 9.17) is 21.3 Å². The molecule has 0 fully saturated rings. The number of imidazole rings is 1. The molecule has 0 bridgehead atoms. The van der Waals surface area contributed by atoms with Crippen LogP contribution in [-0.4, -0.2) is 15.8 Å². The lowest BCUT2D eigenvalue weighted by atomic mass is 10.1. The molecule has 0 saturated carbocycles. The molecule has 0 N–H and O–H groups in total. The van der Waals surface area contributed by atoms with Gasteiger partial charge in [0, 0.05) is 15.5 Å². The van der Waals surface area contributed by atoms with Gasteiger partial charge in [0.05, 0.1) is 17.1 Å². The zero-order chi connectivity index (χ0) is 16.0. The molecule has 3 nitrogen and oxygen atoms in total. The minimum absolute atomic E-state index is 0.485. The summed E-state index contributed by atoms with van der Waals surface area (Å²) in [5, 5.41) is 0.734. The minimum atomic E-state index is 0.485. The Labute approximate surface area is 144 Å². The smallest absolute Gasteiger partial charge is 0.152 e. The predicted octanol–water partition coefficient (Wildman–Crippen LogP) is 5.12. The molecule has 2 heterocycles. The Morgan fingerprint density at radius 1 is 1.17 bits per heavy atom. The van der Waals surface area contributed by atoms with E-state index in [2.05, 4.69) is 29.0 Å². The molecule has 0 unspecified atom stereocenters. The summed E-state index contributed by atoms with van der Waals surface area (Å²) in [4.78, 5) is 5.88. The van der Waals surface area contributed by atoms with Gasteiger partial charge in [0.25, 0.3) is 0 Å². The highest BCUT2D eigenvalue weighted by molar-refractivity contribution is 7.98. The Balaban J connectivity index is 1.94. The van der Waals surface area contributed by atoms with E-state index in [0.29, 0.717) is 6.61 Å². The van der Waals surface area contributed by atoms with Gasteiger partial charge in [-0.2, -0.15) is 0 Å². The van der Waals surface area contributed by atoms with Crippen molar-refractivity contribution in [3.05, 3.63) is 59.0 Å². The average molecular weight is 343 g/mol. The lowest BCUT2D eigenvalue weighted by molar-refractivity contribution is 0.279. The monoisotopic (exact) mass is 342 g/mol. The summed E-state index contributed by atoms with van der Waals surface area (Å²) in [5.41, 5.74) is 4.23. The Morgan fingerprint density at radius 2 is 1.96 bits per heavy atom. The van der Waals surface area contributed by atoms with Crippen LogP contribution >= 0.6 is 23.4 Å². The summed E-state index contributed by atoms with van der Waals surface area (Å²) < 4.78 is 8.09. The highest BCUT2D eigenvalue weighted by Crippen LogP contribution is 2.38. The molecular weight excluding hydrogens is 328 g/mol. The predicted molar refractivity (Wildman–Crippen MR) is 94.9 cm³/mol. The first kappa shape index (κ1) is 14.7. The molecule has 116 valence electrons. The molecule has 2 aromatic carbocycles. The van der Waals surface area contributed by atoms with Crippen molar-refractivity contribution in [2.45, 2.75) is 18.4 Å². The molecule has 0 atom stereocenters. The molecule has 1 aromatic heterocycles. The lowest BCUT2D eigenvalue weighted by Gasteiger charge is -2.22. The lowest BCUT2D eigenvalue weighted by Crippen LogP contribution is -2.14. The van der Waals surface area contributed by atoms with E-state index < -0.39 is 0 Å². The van der Waals surface area contributed by atoms with E-state index in [9.17, 15) is 0 Å². The van der Waals surface area contributed by atoms with Gasteiger partial charge in [-0.25, -0.2) is 4.98 Å². The van der Waals surface area contributed by atoms with Gasteiger partial charge < -0.3 is 4.74 Å². The third-order valence-corrected chi connectivity index (χ3v) is 4.98. The molecule has 0 saturated heterocycles. The van der Waals surface area contributed by atoms with E-state index in [0.717, 1.165) is 39.2 Å². The first-order chi connectivity index (χ1) is 11.2. The second-order valence-electron chi connectivity index (χ2n) is 5.43. The third kappa shape index (κ3) is 2.42. The Kier molecular flexibility index (Phi) is 3.58. The largest absolute Gasteiger partial charge is 0.483 e. The summed E-state index contributed by atoms with van der Waals surface area (Å²) in [5.74, 6) is 1.83. The molecule has 0 radical (unpaired) electrons. The fraction of sp³-hybridized carbons (Fsp3) is 0.167. The molecule has 0 amide bonds. The number of nitrogens with zero attached hydrogens (tertiary/aromatic N) is 2. The number of aryl methyl sites for hydroxylation is 1. The van der Waals surface area contributed by atoms with Crippen LogP contribution in [0.2, 0.25) is 5.02 Å². The quantitative estimate of drug-likeness (QED) is 0.605. The normalized spacial score (nSPS) is 12.5. The van der Waals surface area contributed by atoms with Gasteiger partial charge in [-0.05, 0) is 43.5 Å². The molecule has 3 aromatic rings. The molecule has 1 aliphatic rings. The zero-order valence-corrected chi connectivity index (χ0v) is 14.4. The van der Waals surface area contributed by atoms with Crippen molar-refractivity contribution in [1.82, 2.24) is 9.55 Å². The molecule has 0 aliphatic carbocycles. The third-order valence-electron chi connectivity index (χ3n) is 4.00. The van der Waals surface area contributed by atoms with Crippen molar-refractivity contribution in [1.29, 1.82) is 0 Å². The fourth-order valence-corrected chi connectivity index (χ4v) is 3.51. The second-order valence-corrected chi connectivity index (χ2v) is 6.74. The van der Waals surface area contributed by atoms with E-state index in [1.54, 1.807) is 11.8 Å². The number of hydrogen-bond donors (Lipinski definition) is 0. The summed E-state index contributed by atoms with van der Waals surface area (Å²) in [6, 6.07) is 14.2. The topological polar surface area (TPSA) is 27.1 Å². The van der Waals surface area contributed by atoms with Crippen LogP contribution < -0.4 is 4.74 Å². The summed E-state index contributed by atoms with van der Waals surface area (Å²) in [6.07, 6.45) is 2.07. The standard InChI is InChI=1S/C18H15ClN2OS/c1-11-18(12-3-5-13(19)6-4-12)21-15-8-7-14(23-2)9-16(15)22-10-17(21)20-11/h3-9H,10H2,1-2H3. The number of hydrogen-bond acceptors (Lipinski definition) is 3. The van der Waals surface area contributed by atoms with Crippen molar-refractivity contribution < 1.29 is 4.74 Å². The van der Waals surface area contributed by atoms with Crippen LogP contribution in [0.3, 0.4) is 0 Å². The van der Waals surface area contributed by atoms with E-state index in [1.165, 1.54) is 4.90 Å². The Bertz CT molecular complexity index is 887. The van der Waals surface area contributed by atoms with Crippen LogP contribution in [-0.2, 0) is 6.61 Å². The number of halogens is 1. The first-order valence-electron chi connectivity index (χ1n) is 7.33. The maximum absolute atomic E-state index is 6.03. The van der Waals surface area contributed by atoms with Crippen LogP contribution in [0, 0.1) is 6.92 Å². The van der Waals surface area contributed by atoms with Crippen molar-refractivity contribution in [3.63, 3.8) is 0 Å². The number of fused-ring (bicyclic) bond motifs is 3. The summed E-state index contributed by atoms with van der Waals surface area (Å²) >= 11 is 7.74. The molecule has 23 heavy (non-hydrogen) atoms. The van der Waals surface area contributed by atoms with Crippen molar-refractivity contribution in [2.75, 3.05) is 6.26 Å². The van der Waals surface area contributed by atoms with Gasteiger partial charge in [0.15, 0.2) is 5.82 Å². The Morgan fingerprint density at radius 3 is 2.70 bits per heavy atom. The Hall–Kier alpha value is -1.91. The maximum atomic E-state index is 6.03. The minimum Gasteiger partial charge on any atom is -0.483 e. The number of ether oxygens (including phenoxy) is 1. The average Bonchev–Trinajstić information content (AvgIpc) is 2.91. The van der Waals surface area contributed by atoms with Gasteiger partial charge in [-0.3, -0.25) is 4.57 Å². The number of rotatable bonds is 2. The van der Waals surface area contributed by atoms with Crippen LogP contribution in [0.4, 0.5) is 0 Å². The SMILES string of the molecule is CSc1ccc2c(c1)OCc1nc(C)c(-c3ccc(Cl)cc3)n1-2. The van der Waals surface area contributed by atoms with Crippen molar-refractivity contribution >= 4 is 23.4 Å². The number of thioether (sulfide) groups is 1. The fourth-order valence-electron chi connectivity index (χ4n) is 2.95. The van der Waals surface area contributed by atoms with E-state index in [1.807, 2.05) is 31.2 Å². The van der Waals surface area contributed by atoms with Gasteiger partial charge in [-0.15, -0.1) is 11.8 Å². The molecule has 0 spiro atoms. The summed E-state index contributed by atoms with van der Waals surface area (Å²) in [6.45, 7) is 2.52. The zero-order valence-electron chi connectivity index (χ0n) is 12.8. The van der Waals surface area contributed by atoms with Crippen LogP contribution in [0.25, 0.3) is 16.9 Å². The first-order valence-corrected chi connectivity index (χ1v) is 8.93. The maximum Gasteiger partial charge on any atom is 0.152 e. The van der Waals surface area contributed by atoms with Gasteiger partial charge >= 0.3 is 0 Å². The molecule has 5 heteroatoms. The van der Waals surface area contributed by atoms with E-state index >= 15 is 0 Å². The summed E-state index contributed by atoms with van der Waals surface area (Å²) in [7, 11) is 0. The van der Waals surface area contributed by atoms with Gasteiger partial charge in [0.2, 0.25) is 0 Å². The molecular formula is C18H15ClN2OS. The van der Waals surface area contributed by atoms with Crippen LogP contribution in [0.1, 0.15) is 11.5 Å². The van der Waals surface area contributed by atoms with Crippen LogP contribution in [0.5, 0.6) is 5.75 Å². The van der Waals surface area contributed by atoms with Crippen molar-refractivity contribution in [3.8, 4) is 22.7 Å². The highest BCUT2D eigenvalue weighted by Gasteiger charge is 2.24. The number of aromatic nitrogens is 2. The second kappa shape index (κ2) is 5.62. The van der Waals surface area contributed by atoms with Crippen LogP contribution in [0.15, 0.2) is 47.4 Å². The van der Waals surface area contributed by atoms with Gasteiger partial charge in [-0.1, -0.05) is 23.7 Å². The number of benzene rings is 2. The molecule has 1 aliphatic heterocycles. The van der Waals surface area contributed by atoms with Crippen molar-refractivity contribution in [2.24, 2.45) is 0 Å². The highest BCUT2D eigenvalue weighted by atomic mass is 35.5. The van der Waals surface area contributed by atoms with E-state index in [-0.39, 0.29) is 0 Å². The molecule has 4 rings (SSSR count).